The molecule has 40 heavy (non-hydrogen) atoms. The topological polar surface area (TPSA) is 211 Å². The number of carbonyl (C=O) groups excluding carboxylic acids is 1. The van der Waals surface area contributed by atoms with E-state index in [0.717, 1.165) is 31.5 Å². The Balaban J connectivity index is 1.76. The third kappa shape index (κ3) is 8.75. The van der Waals surface area contributed by atoms with Crippen LogP contribution in [0.5, 0.6) is 0 Å². The van der Waals surface area contributed by atoms with Crippen LogP contribution in [0, 0.1) is 0 Å². The van der Waals surface area contributed by atoms with Crippen molar-refractivity contribution in [3.8, 4) is 0 Å². The number of nitrogens with zero attached hydrogens (tertiary/aromatic N) is 5. The number of carboxylic acids is 2. The Morgan fingerprint density at radius 1 is 0.975 bits per heavy atom. The summed E-state index contributed by atoms with van der Waals surface area (Å²) >= 11 is 0. The molecule has 0 bridgehead atoms. The first-order chi connectivity index (χ1) is 19.2. The zero-order valence-corrected chi connectivity index (χ0v) is 22.5. The Morgan fingerprint density at radius 3 is 2.35 bits per heavy atom. The number of rotatable bonds is 16. The lowest BCUT2D eigenvalue weighted by Gasteiger charge is -2.25. The standard InChI is InChI=1S/C27H36N8O5/c1-2-3-4-5-6-7-14-35(16-18-15-30-24-22(31-18)23(28)33-27(29)34-24)19-10-8-17(9-11-19)25(38)32-20(26(39)40)12-13-21(36)37/h8-11,15,20H,2-7,12-14,16H2,1H3,(H,32,38)(H,36,37)(H,39,40)(H4,28,29,30,33,34). The van der Waals surface area contributed by atoms with E-state index in [9.17, 15) is 19.5 Å². The van der Waals surface area contributed by atoms with Crippen molar-refractivity contribution in [2.75, 3.05) is 22.9 Å². The van der Waals surface area contributed by atoms with E-state index in [1.54, 1.807) is 30.5 Å². The van der Waals surface area contributed by atoms with E-state index in [4.69, 9.17) is 16.6 Å². The molecule has 0 fully saturated rings. The summed E-state index contributed by atoms with van der Waals surface area (Å²) in [7, 11) is 0. The average molecular weight is 553 g/mol. The molecule has 0 saturated heterocycles. The molecule has 7 N–H and O–H groups in total. The highest BCUT2D eigenvalue weighted by Gasteiger charge is 2.22. The van der Waals surface area contributed by atoms with E-state index >= 15 is 0 Å². The lowest BCUT2D eigenvalue weighted by atomic mass is 10.1. The highest BCUT2D eigenvalue weighted by molar-refractivity contribution is 5.97. The van der Waals surface area contributed by atoms with E-state index in [1.165, 1.54) is 19.3 Å². The van der Waals surface area contributed by atoms with Gasteiger partial charge in [-0.1, -0.05) is 39.0 Å². The molecule has 3 rings (SSSR count). The second kappa shape index (κ2) is 14.6. The van der Waals surface area contributed by atoms with Crippen LogP contribution in [0.25, 0.3) is 11.2 Å². The van der Waals surface area contributed by atoms with Gasteiger partial charge in [0, 0.05) is 24.2 Å². The number of hydrogen-bond acceptors (Lipinski definition) is 10. The fourth-order valence-corrected chi connectivity index (χ4v) is 4.23. The molecule has 0 aliphatic carbocycles. The predicted octanol–water partition coefficient (Wildman–Crippen LogP) is 3.00. The van der Waals surface area contributed by atoms with Crippen LogP contribution < -0.4 is 21.7 Å². The van der Waals surface area contributed by atoms with Crippen molar-refractivity contribution < 1.29 is 24.6 Å². The van der Waals surface area contributed by atoms with E-state index < -0.39 is 23.9 Å². The van der Waals surface area contributed by atoms with Gasteiger partial charge in [0.15, 0.2) is 17.0 Å². The van der Waals surface area contributed by atoms with Crippen LogP contribution in [0.15, 0.2) is 30.5 Å². The van der Waals surface area contributed by atoms with Crippen LogP contribution >= 0.6 is 0 Å². The molecule has 1 unspecified atom stereocenters. The number of aromatic nitrogens is 4. The van der Waals surface area contributed by atoms with Crippen molar-refractivity contribution in [2.24, 2.45) is 0 Å². The molecule has 0 aliphatic heterocycles. The molecule has 1 atom stereocenters. The highest BCUT2D eigenvalue weighted by atomic mass is 16.4. The van der Waals surface area contributed by atoms with E-state index in [2.05, 4.69) is 37.1 Å². The zero-order valence-electron chi connectivity index (χ0n) is 22.5. The lowest BCUT2D eigenvalue weighted by Crippen LogP contribution is -2.41. The summed E-state index contributed by atoms with van der Waals surface area (Å²) < 4.78 is 0. The number of nitrogens with two attached hydrogens (primary N) is 2. The predicted molar refractivity (Wildman–Crippen MR) is 151 cm³/mol. The Labute approximate surface area is 232 Å². The normalized spacial score (nSPS) is 11.7. The number of carboxylic acid groups (broad SMARTS) is 2. The van der Waals surface area contributed by atoms with Crippen molar-refractivity contribution in [1.29, 1.82) is 0 Å². The average Bonchev–Trinajstić information content (AvgIpc) is 2.92. The molecule has 0 saturated carbocycles. The molecular weight excluding hydrogens is 516 g/mol. The summed E-state index contributed by atoms with van der Waals surface area (Å²) in [6, 6.07) is 5.48. The summed E-state index contributed by atoms with van der Waals surface area (Å²) in [4.78, 5) is 54.0. The number of anilines is 3. The lowest BCUT2D eigenvalue weighted by molar-refractivity contribution is -0.140. The SMILES string of the molecule is CCCCCCCCN(Cc1cnc2nc(N)nc(N)c2n1)c1ccc(C(=O)NC(CCC(=O)O)C(=O)O)cc1. The van der Waals surface area contributed by atoms with Crippen molar-refractivity contribution in [3.05, 3.63) is 41.7 Å². The smallest absolute Gasteiger partial charge is 0.326 e. The van der Waals surface area contributed by atoms with E-state index in [1.807, 2.05) is 0 Å². The summed E-state index contributed by atoms with van der Waals surface area (Å²) in [5.74, 6) is -2.84. The minimum atomic E-state index is -1.30. The number of carbonyl (C=O) groups is 3. The third-order valence-corrected chi connectivity index (χ3v) is 6.38. The fourth-order valence-electron chi connectivity index (χ4n) is 4.23. The molecular formula is C27H36N8O5. The van der Waals surface area contributed by atoms with Crippen LogP contribution in [-0.2, 0) is 16.1 Å². The van der Waals surface area contributed by atoms with Gasteiger partial charge in [-0.05, 0) is 37.1 Å². The molecule has 0 aliphatic rings. The summed E-state index contributed by atoms with van der Waals surface area (Å²) in [5.41, 5.74) is 14.1. The number of unbranched alkanes of at least 4 members (excludes halogenated alkanes) is 5. The second-order valence-electron chi connectivity index (χ2n) is 9.53. The fraction of sp³-hybridized carbons (Fsp3) is 0.444. The number of hydrogen-bond donors (Lipinski definition) is 5. The van der Waals surface area contributed by atoms with Gasteiger partial charge in [0.05, 0.1) is 18.4 Å². The molecule has 13 nitrogen and oxygen atoms in total. The molecule has 0 radical (unpaired) electrons. The van der Waals surface area contributed by atoms with Gasteiger partial charge < -0.3 is 31.9 Å². The van der Waals surface area contributed by atoms with Crippen LogP contribution in [-0.4, -0.2) is 60.6 Å². The van der Waals surface area contributed by atoms with Gasteiger partial charge in [0.2, 0.25) is 5.95 Å². The highest BCUT2D eigenvalue weighted by Crippen LogP contribution is 2.21. The molecule has 2 heterocycles. The van der Waals surface area contributed by atoms with Crippen molar-refractivity contribution in [1.82, 2.24) is 25.3 Å². The van der Waals surface area contributed by atoms with Gasteiger partial charge in [0.1, 0.15) is 6.04 Å². The molecule has 1 amide bonds. The van der Waals surface area contributed by atoms with Crippen LogP contribution in [0.1, 0.15) is 74.3 Å². The maximum absolute atomic E-state index is 12.7. The number of amides is 1. The Kier molecular flexibility index (Phi) is 10.9. The quantitative estimate of drug-likeness (QED) is 0.162. The summed E-state index contributed by atoms with van der Waals surface area (Å²) in [6.07, 6.45) is 7.81. The van der Waals surface area contributed by atoms with Gasteiger partial charge in [-0.3, -0.25) is 9.59 Å². The second-order valence-corrected chi connectivity index (χ2v) is 9.53. The van der Waals surface area contributed by atoms with Gasteiger partial charge in [-0.2, -0.15) is 9.97 Å². The number of nitrogens with one attached hydrogen (secondary N) is 1. The minimum Gasteiger partial charge on any atom is -0.481 e. The molecule has 2 aromatic heterocycles. The van der Waals surface area contributed by atoms with E-state index in [0.29, 0.717) is 23.4 Å². The Morgan fingerprint density at radius 2 is 1.68 bits per heavy atom. The first-order valence-electron chi connectivity index (χ1n) is 13.3. The van der Waals surface area contributed by atoms with Crippen molar-refractivity contribution in [3.63, 3.8) is 0 Å². The molecule has 1 aromatic carbocycles. The van der Waals surface area contributed by atoms with Crippen LogP contribution in [0.2, 0.25) is 0 Å². The minimum absolute atomic E-state index is 0.0254. The van der Waals surface area contributed by atoms with Crippen LogP contribution in [0.3, 0.4) is 0 Å². The van der Waals surface area contributed by atoms with Gasteiger partial charge >= 0.3 is 11.9 Å². The number of aliphatic carboxylic acids is 2. The largest absolute Gasteiger partial charge is 0.481 e. The molecule has 214 valence electrons. The van der Waals surface area contributed by atoms with Crippen LogP contribution in [0.4, 0.5) is 17.5 Å². The number of fused-ring (bicyclic) bond motifs is 1. The zero-order chi connectivity index (χ0) is 29.1. The molecule has 13 heteroatoms. The summed E-state index contributed by atoms with van der Waals surface area (Å²) in [5, 5.41) is 20.6. The first kappa shape index (κ1) is 30.0. The van der Waals surface area contributed by atoms with Gasteiger partial charge in [0.25, 0.3) is 5.91 Å². The third-order valence-electron chi connectivity index (χ3n) is 6.38. The van der Waals surface area contributed by atoms with Gasteiger partial charge in [-0.25, -0.2) is 14.8 Å². The van der Waals surface area contributed by atoms with Gasteiger partial charge in [-0.15, -0.1) is 0 Å². The maximum Gasteiger partial charge on any atom is 0.326 e. The Bertz CT molecular complexity index is 1320. The molecule has 3 aromatic rings. The number of nitrogen functional groups attached to an aromatic ring is 2. The molecule has 0 spiro atoms. The van der Waals surface area contributed by atoms with Crippen molar-refractivity contribution >= 4 is 46.5 Å². The summed E-state index contributed by atoms with van der Waals surface area (Å²) in [6.45, 7) is 3.34. The Hall–Kier alpha value is -4.55. The maximum atomic E-state index is 12.7. The number of benzene rings is 1. The first-order valence-corrected chi connectivity index (χ1v) is 13.3. The van der Waals surface area contributed by atoms with Crippen molar-refractivity contribution in [2.45, 2.75) is 70.9 Å². The van der Waals surface area contributed by atoms with E-state index in [-0.39, 0.29) is 30.2 Å². The monoisotopic (exact) mass is 552 g/mol.